The minimum Gasteiger partial charge on any atom is -0.438 e. The largest absolute Gasteiger partial charge is 0.438 e. The number of benzene rings is 3. The highest BCUT2D eigenvalue weighted by Gasteiger charge is 2.31. The number of hydrogen-bond acceptors (Lipinski definition) is 3. The van der Waals surface area contributed by atoms with Crippen molar-refractivity contribution in [2.45, 2.75) is 6.18 Å². The van der Waals surface area contributed by atoms with Crippen LogP contribution in [0.15, 0.2) is 65.1 Å². The van der Waals surface area contributed by atoms with Crippen molar-refractivity contribution in [1.29, 1.82) is 5.41 Å². The molecule has 8 heteroatoms. The number of alkyl halides is 3. The van der Waals surface area contributed by atoms with E-state index in [1.54, 1.807) is 6.07 Å². The Kier molecular flexibility index (Phi) is 4.55. The van der Waals surface area contributed by atoms with E-state index in [2.05, 4.69) is 5.32 Å². The van der Waals surface area contributed by atoms with Crippen molar-refractivity contribution in [3.8, 4) is 0 Å². The maximum atomic E-state index is 12.9. The van der Waals surface area contributed by atoms with Gasteiger partial charge in [0.15, 0.2) is 0 Å². The van der Waals surface area contributed by atoms with Gasteiger partial charge in [0, 0.05) is 5.39 Å². The number of hydrogen-bond donors (Lipinski definition) is 2. The van der Waals surface area contributed by atoms with Gasteiger partial charge >= 0.3 is 6.18 Å². The lowest BCUT2D eigenvalue weighted by Gasteiger charge is -2.12. The second-order valence-electron chi connectivity index (χ2n) is 6.33. The summed E-state index contributed by atoms with van der Waals surface area (Å²) < 4.78 is 44.3. The summed E-state index contributed by atoms with van der Waals surface area (Å²) in [6.45, 7) is 0. The van der Waals surface area contributed by atoms with Crippen LogP contribution in [0.5, 0.6) is 0 Å². The summed E-state index contributed by atoms with van der Waals surface area (Å²) >= 11 is 5.94. The van der Waals surface area contributed by atoms with E-state index < -0.39 is 23.2 Å². The first-order valence-electron chi connectivity index (χ1n) is 8.42. The minimum atomic E-state index is -4.58. The van der Waals surface area contributed by atoms with Crippen molar-refractivity contribution >= 4 is 44.9 Å². The Labute approximate surface area is 167 Å². The third kappa shape index (κ3) is 3.56. The minimum absolute atomic E-state index is 0.0546. The fourth-order valence-electron chi connectivity index (χ4n) is 3.04. The molecule has 3 aromatic carbocycles. The Morgan fingerprint density at radius 3 is 2.52 bits per heavy atom. The second kappa shape index (κ2) is 6.93. The monoisotopic (exact) mass is 416 g/mol. The van der Waals surface area contributed by atoms with Crippen LogP contribution in [-0.2, 0) is 6.18 Å². The van der Waals surface area contributed by atoms with E-state index in [1.807, 2.05) is 30.3 Å². The number of carbonyl (C=O) groups is 1. The molecule has 4 rings (SSSR count). The SMILES string of the molecule is N=c1oc2ccc3ccccc3c2cc1C(=O)Nc1cc(C(F)(F)F)ccc1Cl. The molecule has 0 fully saturated rings. The molecule has 1 amide bonds. The van der Waals surface area contributed by atoms with Gasteiger partial charge < -0.3 is 9.73 Å². The fourth-order valence-corrected chi connectivity index (χ4v) is 3.21. The molecule has 0 aliphatic carbocycles. The van der Waals surface area contributed by atoms with E-state index in [1.165, 1.54) is 6.07 Å². The van der Waals surface area contributed by atoms with Crippen molar-refractivity contribution < 1.29 is 22.4 Å². The fraction of sp³-hybridized carbons (Fsp3) is 0.0476. The molecule has 1 heterocycles. The van der Waals surface area contributed by atoms with Gasteiger partial charge in [0.1, 0.15) is 11.1 Å². The first-order valence-corrected chi connectivity index (χ1v) is 8.80. The zero-order chi connectivity index (χ0) is 20.8. The highest BCUT2D eigenvalue weighted by Crippen LogP contribution is 2.34. The van der Waals surface area contributed by atoms with Crippen molar-refractivity contribution in [1.82, 2.24) is 0 Å². The molecule has 0 radical (unpaired) electrons. The molecule has 0 aliphatic heterocycles. The van der Waals surface area contributed by atoms with Crippen molar-refractivity contribution in [3.05, 3.63) is 82.4 Å². The Hall–Kier alpha value is -3.32. The summed E-state index contributed by atoms with van der Waals surface area (Å²) in [7, 11) is 0. The first kappa shape index (κ1) is 19.0. The highest BCUT2D eigenvalue weighted by molar-refractivity contribution is 6.34. The highest BCUT2D eigenvalue weighted by atomic mass is 35.5. The smallest absolute Gasteiger partial charge is 0.416 e. The number of nitrogens with one attached hydrogen (secondary N) is 2. The maximum absolute atomic E-state index is 12.9. The van der Waals surface area contributed by atoms with Gasteiger partial charge in [-0.2, -0.15) is 13.2 Å². The molecule has 1 aromatic heterocycles. The second-order valence-corrected chi connectivity index (χ2v) is 6.74. The van der Waals surface area contributed by atoms with Crippen molar-refractivity contribution in [2.75, 3.05) is 5.32 Å². The van der Waals surface area contributed by atoms with E-state index >= 15 is 0 Å². The van der Waals surface area contributed by atoms with Crippen LogP contribution in [0.1, 0.15) is 15.9 Å². The van der Waals surface area contributed by atoms with E-state index in [4.69, 9.17) is 21.4 Å². The Morgan fingerprint density at radius 1 is 1.00 bits per heavy atom. The topological polar surface area (TPSA) is 66.1 Å². The lowest BCUT2D eigenvalue weighted by Crippen LogP contribution is -2.21. The molecule has 0 aliphatic rings. The van der Waals surface area contributed by atoms with Crippen LogP contribution in [0.3, 0.4) is 0 Å². The van der Waals surface area contributed by atoms with Crippen LogP contribution in [0.25, 0.3) is 21.7 Å². The third-order valence-electron chi connectivity index (χ3n) is 4.46. The molecule has 0 saturated heterocycles. The normalized spacial score (nSPS) is 11.7. The molecule has 0 unspecified atom stereocenters. The number of rotatable bonds is 2. The van der Waals surface area contributed by atoms with Gasteiger partial charge in [-0.1, -0.05) is 41.9 Å². The zero-order valence-electron chi connectivity index (χ0n) is 14.6. The molecule has 29 heavy (non-hydrogen) atoms. The van der Waals surface area contributed by atoms with Crippen LogP contribution < -0.4 is 10.9 Å². The van der Waals surface area contributed by atoms with Crippen LogP contribution in [0.4, 0.5) is 18.9 Å². The molecule has 0 bridgehead atoms. The summed E-state index contributed by atoms with van der Waals surface area (Å²) in [5.74, 6) is -0.796. The Bertz CT molecular complexity index is 1330. The van der Waals surface area contributed by atoms with Gasteiger partial charge in [0.2, 0.25) is 5.55 Å². The average Bonchev–Trinajstić information content (AvgIpc) is 2.68. The summed E-state index contributed by atoms with van der Waals surface area (Å²) in [5.41, 5.74) is -1.26. The Balaban J connectivity index is 1.79. The number of carbonyl (C=O) groups excluding carboxylic acids is 1. The number of fused-ring (bicyclic) bond motifs is 3. The predicted molar refractivity (Wildman–Crippen MR) is 104 cm³/mol. The molecule has 0 spiro atoms. The van der Waals surface area contributed by atoms with Gasteiger partial charge in [-0.15, -0.1) is 0 Å². The average molecular weight is 417 g/mol. The standard InChI is InChI=1S/C21H12ClF3N2O2/c22-16-7-6-12(21(23,24)25)9-17(16)27-20(28)15-10-14-13-4-2-1-3-11(13)5-8-18(14)29-19(15)26/h1-10,26H,(H,27,28). The van der Waals surface area contributed by atoms with Crippen LogP contribution >= 0.6 is 11.6 Å². The van der Waals surface area contributed by atoms with Gasteiger partial charge in [-0.05, 0) is 41.1 Å². The predicted octanol–water partition coefficient (Wildman–Crippen LogP) is 5.99. The van der Waals surface area contributed by atoms with Crippen molar-refractivity contribution in [2.24, 2.45) is 0 Å². The first-order chi connectivity index (χ1) is 13.7. The number of halogens is 4. The molecule has 2 N–H and O–H groups in total. The van der Waals surface area contributed by atoms with E-state index in [0.717, 1.165) is 29.0 Å². The molecule has 4 aromatic rings. The van der Waals surface area contributed by atoms with Crippen LogP contribution in [0.2, 0.25) is 5.02 Å². The van der Waals surface area contributed by atoms with Crippen molar-refractivity contribution in [3.63, 3.8) is 0 Å². The van der Waals surface area contributed by atoms with Gasteiger partial charge in [-0.25, -0.2) is 0 Å². The summed E-state index contributed by atoms with van der Waals surface area (Å²) in [6, 6.07) is 15.1. The number of amides is 1. The summed E-state index contributed by atoms with van der Waals surface area (Å²) in [5, 5.41) is 12.6. The maximum Gasteiger partial charge on any atom is 0.416 e. The number of anilines is 1. The van der Waals surface area contributed by atoms with E-state index in [0.29, 0.717) is 11.0 Å². The summed E-state index contributed by atoms with van der Waals surface area (Å²) in [4.78, 5) is 12.7. The van der Waals surface area contributed by atoms with Gasteiger partial charge in [-0.3, -0.25) is 10.2 Å². The molecule has 146 valence electrons. The lowest BCUT2D eigenvalue weighted by atomic mass is 10.0. The molecular weight excluding hydrogens is 405 g/mol. The van der Waals surface area contributed by atoms with Gasteiger partial charge in [0.25, 0.3) is 5.91 Å². The van der Waals surface area contributed by atoms with Crippen LogP contribution in [0, 0.1) is 5.41 Å². The van der Waals surface area contributed by atoms with E-state index in [-0.39, 0.29) is 16.3 Å². The zero-order valence-corrected chi connectivity index (χ0v) is 15.4. The van der Waals surface area contributed by atoms with Gasteiger partial charge in [0.05, 0.1) is 16.3 Å². The van der Waals surface area contributed by atoms with E-state index in [9.17, 15) is 18.0 Å². The molecule has 0 saturated carbocycles. The summed E-state index contributed by atoms with van der Waals surface area (Å²) in [6.07, 6.45) is -4.58. The quantitative estimate of drug-likeness (QED) is 0.394. The third-order valence-corrected chi connectivity index (χ3v) is 4.79. The molecular formula is C21H12ClF3N2O2. The lowest BCUT2D eigenvalue weighted by molar-refractivity contribution is -0.137. The Morgan fingerprint density at radius 2 is 1.76 bits per heavy atom. The molecule has 0 atom stereocenters. The van der Waals surface area contributed by atoms with Crippen LogP contribution in [-0.4, -0.2) is 5.91 Å². The molecule has 4 nitrogen and oxygen atoms in total.